The highest BCUT2D eigenvalue weighted by atomic mass is 32.2. The zero-order valence-electron chi connectivity index (χ0n) is 17.0. The smallest absolute Gasteiger partial charge is 0.250 e. The van der Waals surface area contributed by atoms with Crippen molar-refractivity contribution in [3.63, 3.8) is 0 Å². The molecule has 8 heteroatoms. The van der Waals surface area contributed by atoms with Crippen LogP contribution in [0.5, 0.6) is 0 Å². The van der Waals surface area contributed by atoms with Crippen LogP contribution in [0.3, 0.4) is 0 Å². The van der Waals surface area contributed by atoms with Gasteiger partial charge in [-0.05, 0) is 79.6 Å². The number of alkyl halides is 3. The van der Waals surface area contributed by atoms with Crippen LogP contribution in [0.25, 0.3) is 0 Å². The molecule has 0 unspecified atom stereocenters. The lowest BCUT2D eigenvalue weighted by molar-refractivity contribution is -0.107. The first-order chi connectivity index (χ1) is 13.4. The zero-order valence-corrected chi connectivity index (χ0v) is 17.8. The monoisotopic (exact) mass is 433 g/mol. The Kier molecular flexibility index (Phi) is 5.13. The van der Waals surface area contributed by atoms with Crippen LogP contribution in [0.2, 0.25) is 0 Å². The van der Waals surface area contributed by atoms with E-state index in [0.717, 1.165) is 31.1 Å². The molecular weight excluding hydrogens is 403 g/mol. The summed E-state index contributed by atoms with van der Waals surface area (Å²) in [6, 6.07) is 0. The van der Waals surface area contributed by atoms with Crippen LogP contribution in [0.1, 0.15) is 65.2 Å². The molecule has 0 heterocycles. The fourth-order valence-corrected chi connectivity index (χ4v) is 7.50. The van der Waals surface area contributed by atoms with Crippen molar-refractivity contribution in [1.82, 2.24) is 5.48 Å². The van der Waals surface area contributed by atoms with E-state index in [-0.39, 0.29) is 5.41 Å². The van der Waals surface area contributed by atoms with Crippen molar-refractivity contribution in [1.29, 1.82) is 0 Å². The number of fused-ring (bicyclic) bond motifs is 5. The fourth-order valence-electron chi connectivity index (χ4n) is 6.82. The SMILES string of the molecule is C[C@@]12CCC[C@H]1[C@@H]1CCC3=CC(NOS(=O)(=O)CC(F)(F)F)=CC[C@]3(C)[C@H]1CC2. The quantitative estimate of drug-likeness (QED) is 0.616. The van der Waals surface area contributed by atoms with Gasteiger partial charge in [0.05, 0.1) is 5.70 Å². The molecule has 0 aromatic carbocycles. The Morgan fingerprint density at radius 2 is 1.93 bits per heavy atom. The molecule has 4 aliphatic rings. The molecule has 164 valence electrons. The van der Waals surface area contributed by atoms with Gasteiger partial charge in [0.1, 0.15) is 0 Å². The van der Waals surface area contributed by atoms with Gasteiger partial charge in [0.25, 0.3) is 10.1 Å². The molecule has 4 nitrogen and oxygen atoms in total. The van der Waals surface area contributed by atoms with Crippen LogP contribution >= 0.6 is 0 Å². The first-order valence-corrected chi connectivity index (χ1v) is 12.1. The van der Waals surface area contributed by atoms with Gasteiger partial charge < -0.3 is 0 Å². The van der Waals surface area contributed by atoms with Crippen LogP contribution in [-0.2, 0) is 14.4 Å². The molecule has 0 aromatic heterocycles. The second-order valence-corrected chi connectivity index (χ2v) is 11.5. The van der Waals surface area contributed by atoms with Gasteiger partial charge in [-0.3, -0.25) is 0 Å². The predicted molar refractivity (Wildman–Crippen MR) is 104 cm³/mol. The molecule has 0 saturated heterocycles. The second kappa shape index (κ2) is 7.01. The minimum absolute atomic E-state index is 0.0445. The summed E-state index contributed by atoms with van der Waals surface area (Å²) < 4.78 is 64.5. The molecule has 1 N–H and O–H groups in total. The number of halogens is 3. The highest BCUT2D eigenvalue weighted by molar-refractivity contribution is 7.86. The van der Waals surface area contributed by atoms with Crippen molar-refractivity contribution in [2.45, 2.75) is 71.4 Å². The predicted octanol–water partition coefficient (Wildman–Crippen LogP) is 5.25. The Labute approximate surface area is 171 Å². The standard InChI is InChI=1S/C21H30F3NO3S/c1-19-9-3-4-17(19)16-6-5-14-12-15(7-11-20(14,2)18(16)8-10-19)25-28-29(26,27)13-21(22,23)24/h7,12,16-18,25H,3-6,8-11,13H2,1-2H3/t16-,17-,18-,19-,20-/m0/s1. The van der Waals surface area contributed by atoms with Crippen molar-refractivity contribution in [3.8, 4) is 0 Å². The average molecular weight is 434 g/mol. The normalized spacial score (nSPS) is 39.7. The third-order valence-electron chi connectivity index (χ3n) is 8.22. The van der Waals surface area contributed by atoms with E-state index in [1.165, 1.54) is 37.7 Å². The molecule has 0 bridgehead atoms. The van der Waals surface area contributed by atoms with Gasteiger partial charge in [0, 0.05) is 0 Å². The van der Waals surface area contributed by atoms with Crippen molar-refractivity contribution >= 4 is 10.1 Å². The van der Waals surface area contributed by atoms with Gasteiger partial charge in [-0.1, -0.05) is 31.9 Å². The summed E-state index contributed by atoms with van der Waals surface area (Å²) in [6.45, 7) is 4.78. The second-order valence-electron chi connectivity index (χ2n) is 9.95. The summed E-state index contributed by atoms with van der Waals surface area (Å²) >= 11 is 0. The first-order valence-electron chi connectivity index (χ1n) is 10.6. The average Bonchev–Trinajstić information content (AvgIpc) is 2.99. The zero-order chi connectivity index (χ0) is 21.1. The molecule has 0 amide bonds. The Morgan fingerprint density at radius 3 is 2.66 bits per heavy atom. The number of rotatable bonds is 4. The molecule has 3 fully saturated rings. The number of nitrogens with one attached hydrogen (secondary N) is 1. The lowest BCUT2D eigenvalue weighted by atomic mass is 9.48. The number of hydrogen-bond acceptors (Lipinski definition) is 4. The largest absolute Gasteiger partial charge is 0.405 e. The number of hydroxylamine groups is 1. The Bertz CT molecular complexity index is 835. The number of allylic oxidation sites excluding steroid dienone is 3. The Balaban J connectivity index is 1.46. The van der Waals surface area contributed by atoms with Gasteiger partial charge in [0.15, 0.2) is 5.75 Å². The van der Waals surface area contributed by atoms with Crippen LogP contribution < -0.4 is 5.48 Å². The minimum Gasteiger partial charge on any atom is -0.250 e. The molecular formula is C21H30F3NO3S. The van der Waals surface area contributed by atoms with E-state index in [4.69, 9.17) is 0 Å². The summed E-state index contributed by atoms with van der Waals surface area (Å²) in [6.07, 6.45) is 8.31. The first kappa shape index (κ1) is 21.2. The summed E-state index contributed by atoms with van der Waals surface area (Å²) in [7, 11) is -4.73. The van der Waals surface area contributed by atoms with E-state index in [1.54, 1.807) is 0 Å². The maximum Gasteiger partial charge on any atom is 0.405 e. The molecule has 0 radical (unpaired) electrons. The highest BCUT2D eigenvalue weighted by Crippen LogP contribution is 2.65. The molecule has 0 aliphatic heterocycles. The van der Waals surface area contributed by atoms with Crippen LogP contribution in [0.4, 0.5) is 13.2 Å². The Morgan fingerprint density at radius 1 is 1.17 bits per heavy atom. The highest BCUT2D eigenvalue weighted by Gasteiger charge is 2.55. The molecule has 4 rings (SSSR count). The van der Waals surface area contributed by atoms with E-state index >= 15 is 0 Å². The third-order valence-corrected chi connectivity index (χ3v) is 9.24. The van der Waals surface area contributed by atoms with Crippen molar-refractivity contribution in [3.05, 3.63) is 23.4 Å². The molecule has 0 spiro atoms. The van der Waals surface area contributed by atoms with E-state index < -0.39 is 22.0 Å². The van der Waals surface area contributed by atoms with E-state index in [1.807, 2.05) is 12.2 Å². The molecule has 29 heavy (non-hydrogen) atoms. The van der Waals surface area contributed by atoms with Crippen molar-refractivity contribution in [2.75, 3.05) is 5.75 Å². The molecule has 3 saturated carbocycles. The summed E-state index contributed by atoms with van der Waals surface area (Å²) in [5, 5.41) is 0. The summed E-state index contributed by atoms with van der Waals surface area (Å²) in [5.41, 5.74) is 4.49. The van der Waals surface area contributed by atoms with Gasteiger partial charge >= 0.3 is 6.18 Å². The summed E-state index contributed by atoms with van der Waals surface area (Å²) in [4.78, 5) is 0. The van der Waals surface area contributed by atoms with E-state index in [9.17, 15) is 21.6 Å². The molecule has 5 atom stereocenters. The van der Waals surface area contributed by atoms with Crippen LogP contribution in [0.15, 0.2) is 23.4 Å². The summed E-state index contributed by atoms with van der Waals surface area (Å²) in [5.74, 6) is 0.161. The number of hydrogen-bond donors (Lipinski definition) is 1. The van der Waals surface area contributed by atoms with Crippen molar-refractivity contribution < 1.29 is 25.9 Å². The fraction of sp³-hybridized carbons (Fsp3) is 0.810. The third kappa shape index (κ3) is 3.99. The maximum absolute atomic E-state index is 12.4. The lowest BCUT2D eigenvalue weighted by Crippen LogP contribution is -2.48. The van der Waals surface area contributed by atoms with Gasteiger partial charge in [-0.25, -0.2) is 5.48 Å². The lowest BCUT2D eigenvalue weighted by Gasteiger charge is -2.57. The maximum atomic E-state index is 12.4. The van der Waals surface area contributed by atoms with Crippen molar-refractivity contribution in [2.24, 2.45) is 28.6 Å². The van der Waals surface area contributed by atoms with E-state index in [2.05, 4.69) is 23.6 Å². The van der Waals surface area contributed by atoms with Gasteiger partial charge in [-0.2, -0.15) is 25.9 Å². The Hall–Kier alpha value is -1.02. The van der Waals surface area contributed by atoms with Crippen LogP contribution in [-0.4, -0.2) is 20.3 Å². The minimum atomic E-state index is -4.83. The topological polar surface area (TPSA) is 55.4 Å². The van der Waals surface area contributed by atoms with Gasteiger partial charge in [0.2, 0.25) is 0 Å². The molecule has 4 aliphatic carbocycles. The van der Waals surface area contributed by atoms with E-state index in [0.29, 0.717) is 17.0 Å². The molecule has 0 aromatic rings. The van der Waals surface area contributed by atoms with Crippen LogP contribution in [0, 0.1) is 28.6 Å². The van der Waals surface area contributed by atoms with Gasteiger partial charge in [-0.15, -0.1) is 0 Å².